The summed E-state index contributed by atoms with van der Waals surface area (Å²) >= 11 is 0. The number of aliphatic hydroxyl groups is 1. The lowest BCUT2D eigenvalue weighted by atomic mass is 9.99. The molecule has 0 aliphatic carbocycles. The van der Waals surface area contributed by atoms with Crippen molar-refractivity contribution in [2.24, 2.45) is 0 Å². The van der Waals surface area contributed by atoms with Gasteiger partial charge in [0.2, 0.25) is 0 Å². The first kappa shape index (κ1) is 19.4. The van der Waals surface area contributed by atoms with Crippen molar-refractivity contribution in [1.29, 1.82) is 0 Å². The van der Waals surface area contributed by atoms with E-state index in [1.54, 1.807) is 0 Å². The highest BCUT2D eigenvalue weighted by Crippen LogP contribution is 2.22. The fourth-order valence-electron chi connectivity index (χ4n) is 3.34. The predicted molar refractivity (Wildman–Crippen MR) is 110 cm³/mol. The van der Waals surface area contributed by atoms with Crippen molar-refractivity contribution in [1.82, 2.24) is 9.55 Å². The van der Waals surface area contributed by atoms with E-state index in [0.717, 1.165) is 54.8 Å². The number of imidazole rings is 1. The highest BCUT2D eigenvalue weighted by atomic mass is 16.5. The molecule has 1 N–H and O–H groups in total. The Balaban J connectivity index is 1.58. The molecule has 0 fully saturated rings. The standard InChI is InChI=1S/C23H30N2O2/c1-3-18(2)19-11-13-20(14-12-19)27-17-7-15-25-22-9-5-4-8-21(22)24-23(25)10-6-16-26/h4-5,8-9,11-14,18,26H,3,6-7,10,15-17H2,1-2H3. The molecule has 0 bridgehead atoms. The van der Waals surface area contributed by atoms with Crippen molar-refractivity contribution in [3.05, 3.63) is 59.9 Å². The second-order valence-corrected chi connectivity index (χ2v) is 7.08. The first-order chi connectivity index (χ1) is 13.2. The highest BCUT2D eigenvalue weighted by molar-refractivity contribution is 5.75. The Bertz CT molecular complexity index is 839. The lowest BCUT2D eigenvalue weighted by Gasteiger charge is -2.12. The summed E-state index contributed by atoms with van der Waals surface area (Å²) < 4.78 is 8.20. The normalized spacial score (nSPS) is 12.4. The van der Waals surface area contributed by atoms with Gasteiger partial charge < -0.3 is 14.4 Å². The lowest BCUT2D eigenvalue weighted by molar-refractivity contribution is 0.285. The zero-order valence-electron chi connectivity index (χ0n) is 16.4. The summed E-state index contributed by atoms with van der Waals surface area (Å²) in [5, 5.41) is 9.15. The largest absolute Gasteiger partial charge is 0.494 e. The molecular weight excluding hydrogens is 336 g/mol. The van der Waals surface area contributed by atoms with E-state index in [2.05, 4.69) is 48.7 Å². The fourth-order valence-corrected chi connectivity index (χ4v) is 3.34. The van der Waals surface area contributed by atoms with E-state index in [-0.39, 0.29) is 6.61 Å². The van der Waals surface area contributed by atoms with Crippen molar-refractivity contribution >= 4 is 11.0 Å². The van der Waals surface area contributed by atoms with Crippen molar-refractivity contribution < 1.29 is 9.84 Å². The monoisotopic (exact) mass is 366 g/mol. The molecule has 1 heterocycles. The average molecular weight is 367 g/mol. The topological polar surface area (TPSA) is 47.3 Å². The van der Waals surface area contributed by atoms with Crippen LogP contribution in [0.15, 0.2) is 48.5 Å². The molecule has 2 aromatic carbocycles. The summed E-state index contributed by atoms with van der Waals surface area (Å²) in [6, 6.07) is 16.7. The van der Waals surface area contributed by atoms with E-state index in [0.29, 0.717) is 12.5 Å². The lowest BCUT2D eigenvalue weighted by Crippen LogP contribution is -2.08. The predicted octanol–water partition coefficient (Wildman–Crippen LogP) is 4.94. The number of hydrogen-bond acceptors (Lipinski definition) is 3. The van der Waals surface area contributed by atoms with Crippen LogP contribution in [0.25, 0.3) is 11.0 Å². The van der Waals surface area contributed by atoms with E-state index in [1.165, 1.54) is 5.56 Å². The molecule has 144 valence electrons. The zero-order chi connectivity index (χ0) is 19.1. The fraction of sp³-hybridized carbons (Fsp3) is 0.435. The molecule has 4 heteroatoms. The van der Waals surface area contributed by atoms with Crippen LogP contribution in [0.5, 0.6) is 5.75 Å². The van der Waals surface area contributed by atoms with Crippen LogP contribution in [0.4, 0.5) is 0 Å². The number of aliphatic hydroxyl groups excluding tert-OH is 1. The van der Waals surface area contributed by atoms with Crippen molar-refractivity contribution in [2.75, 3.05) is 13.2 Å². The Morgan fingerprint density at radius 1 is 1.07 bits per heavy atom. The summed E-state index contributed by atoms with van der Waals surface area (Å²) in [5.41, 5.74) is 3.54. The number of nitrogens with zero attached hydrogens (tertiary/aromatic N) is 2. The van der Waals surface area contributed by atoms with Crippen LogP contribution in [-0.2, 0) is 13.0 Å². The Labute approximate surface area is 161 Å². The third-order valence-corrected chi connectivity index (χ3v) is 5.15. The Kier molecular flexibility index (Phi) is 6.88. The minimum absolute atomic E-state index is 0.193. The molecule has 0 radical (unpaired) electrons. The minimum Gasteiger partial charge on any atom is -0.494 e. The van der Waals surface area contributed by atoms with Crippen molar-refractivity contribution in [2.45, 2.75) is 52.0 Å². The molecule has 0 saturated carbocycles. The molecule has 3 aromatic rings. The van der Waals surface area contributed by atoms with Gasteiger partial charge in [0.15, 0.2) is 0 Å². The molecule has 27 heavy (non-hydrogen) atoms. The summed E-state index contributed by atoms with van der Waals surface area (Å²) in [5.74, 6) is 2.56. The Morgan fingerprint density at radius 2 is 1.85 bits per heavy atom. The van der Waals surface area contributed by atoms with E-state index in [4.69, 9.17) is 14.8 Å². The van der Waals surface area contributed by atoms with Gasteiger partial charge in [-0.2, -0.15) is 0 Å². The molecule has 0 saturated heterocycles. The first-order valence-corrected chi connectivity index (χ1v) is 10.0. The number of para-hydroxylation sites is 2. The number of rotatable bonds is 10. The smallest absolute Gasteiger partial charge is 0.119 e. The second-order valence-electron chi connectivity index (χ2n) is 7.08. The summed E-state index contributed by atoms with van der Waals surface area (Å²) in [6.45, 7) is 6.20. The van der Waals surface area contributed by atoms with Crippen LogP contribution in [0, 0.1) is 0 Å². The van der Waals surface area contributed by atoms with Gasteiger partial charge in [-0.3, -0.25) is 0 Å². The van der Waals surface area contributed by atoms with Gasteiger partial charge in [-0.05, 0) is 55.0 Å². The second kappa shape index (κ2) is 9.56. The maximum atomic E-state index is 9.15. The van der Waals surface area contributed by atoms with E-state index in [1.807, 2.05) is 18.2 Å². The highest BCUT2D eigenvalue weighted by Gasteiger charge is 2.10. The third-order valence-electron chi connectivity index (χ3n) is 5.15. The van der Waals surface area contributed by atoms with Crippen LogP contribution in [-0.4, -0.2) is 27.9 Å². The third kappa shape index (κ3) is 4.89. The van der Waals surface area contributed by atoms with Crippen LogP contribution in [0.3, 0.4) is 0 Å². The zero-order valence-corrected chi connectivity index (χ0v) is 16.4. The van der Waals surface area contributed by atoms with Crippen LogP contribution in [0.2, 0.25) is 0 Å². The Morgan fingerprint density at radius 3 is 2.59 bits per heavy atom. The van der Waals surface area contributed by atoms with Crippen molar-refractivity contribution in [3.8, 4) is 5.75 Å². The number of hydrogen-bond donors (Lipinski definition) is 1. The SMILES string of the molecule is CCC(C)c1ccc(OCCCn2c(CCCO)nc3ccccc32)cc1. The van der Waals surface area contributed by atoms with Gasteiger partial charge in [-0.25, -0.2) is 4.98 Å². The van der Waals surface area contributed by atoms with Gasteiger partial charge in [-0.1, -0.05) is 38.1 Å². The maximum absolute atomic E-state index is 9.15. The van der Waals surface area contributed by atoms with Gasteiger partial charge in [0, 0.05) is 19.6 Å². The molecule has 3 rings (SSSR count). The van der Waals surface area contributed by atoms with E-state index < -0.39 is 0 Å². The number of aryl methyl sites for hydroxylation is 2. The quantitative estimate of drug-likeness (QED) is 0.517. The first-order valence-electron chi connectivity index (χ1n) is 10.0. The van der Waals surface area contributed by atoms with E-state index in [9.17, 15) is 0 Å². The number of ether oxygens (including phenoxy) is 1. The molecule has 1 aromatic heterocycles. The minimum atomic E-state index is 0.193. The summed E-state index contributed by atoms with van der Waals surface area (Å²) in [4.78, 5) is 4.73. The number of benzene rings is 2. The molecule has 0 aliphatic rings. The van der Waals surface area contributed by atoms with Gasteiger partial charge in [0.25, 0.3) is 0 Å². The van der Waals surface area contributed by atoms with E-state index >= 15 is 0 Å². The maximum Gasteiger partial charge on any atom is 0.119 e. The average Bonchev–Trinajstić information content (AvgIpc) is 3.07. The van der Waals surface area contributed by atoms with Gasteiger partial charge in [0.1, 0.15) is 11.6 Å². The van der Waals surface area contributed by atoms with Gasteiger partial charge in [0.05, 0.1) is 17.6 Å². The van der Waals surface area contributed by atoms with Crippen LogP contribution in [0.1, 0.15) is 50.4 Å². The van der Waals surface area contributed by atoms with Crippen LogP contribution < -0.4 is 4.74 Å². The molecule has 0 spiro atoms. The van der Waals surface area contributed by atoms with Crippen molar-refractivity contribution in [3.63, 3.8) is 0 Å². The molecule has 1 unspecified atom stereocenters. The molecular formula is C23H30N2O2. The molecule has 1 atom stereocenters. The molecule has 0 amide bonds. The summed E-state index contributed by atoms with van der Waals surface area (Å²) in [7, 11) is 0. The molecule has 4 nitrogen and oxygen atoms in total. The summed E-state index contributed by atoms with van der Waals surface area (Å²) in [6.07, 6.45) is 3.60. The number of fused-ring (bicyclic) bond motifs is 1. The molecule has 0 aliphatic heterocycles. The Hall–Kier alpha value is -2.33. The van der Waals surface area contributed by atoms with Crippen LogP contribution >= 0.6 is 0 Å². The van der Waals surface area contributed by atoms with Gasteiger partial charge >= 0.3 is 0 Å². The number of aromatic nitrogens is 2. The van der Waals surface area contributed by atoms with Gasteiger partial charge in [-0.15, -0.1) is 0 Å².